The average molecular weight is 337 g/mol. The predicted molar refractivity (Wildman–Crippen MR) is 94.6 cm³/mol. The topological polar surface area (TPSA) is 79.8 Å². The number of methoxy groups -OCH3 is 1. The van der Waals surface area contributed by atoms with Gasteiger partial charge in [-0.1, -0.05) is 29.8 Å². The third kappa shape index (κ3) is 4.03. The number of ether oxygens (including phenoxy) is 1. The Balaban J connectivity index is 1.77. The molecule has 0 spiro atoms. The van der Waals surface area contributed by atoms with Crippen LogP contribution in [-0.2, 0) is 4.79 Å². The fraction of sp³-hybridized carbons (Fsp3) is 0.211. The van der Waals surface area contributed by atoms with Crippen molar-refractivity contribution in [2.75, 3.05) is 7.11 Å². The first-order valence-corrected chi connectivity index (χ1v) is 7.95. The van der Waals surface area contributed by atoms with E-state index in [4.69, 9.17) is 4.74 Å². The van der Waals surface area contributed by atoms with E-state index in [0.29, 0.717) is 5.56 Å². The SMILES string of the molecule is COc1ccc(C2CC(=O)NC(NC(=O)c3ccc(C)cc3)=N2)cc1. The van der Waals surface area contributed by atoms with Gasteiger partial charge in [-0.15, -0.1) is 0 Å². The largest absolute Gasteiger partial charge is 0.497 e. The zero-order chi connectivity index (χ0) is 17.8. The lowest BCUT2D eigenvalue weighted by atomic mass is 10.0. The van der Waals surface area contributed by atoms with E-state index in [1.807, 2.05) is 43.3 Å². The van der Waals surface area contributed by atoms with Gasteiger partial charge in [0.2, 0.25) is 11.9 Å². The van der Waals surface area contributed by atoms with E-state index < -0.39 is 0 Å². The summed E-state index contributed by atoms with van der Waals surface area (Å²) in [7, 11) is 1.60. The number of rotatable bonds is 3. The maximum Gasteiger partial charge on any atom is 0.257 e. The lowest BCUT2D eigenvalue weighted by Crippen LogP contribution is -2.47. The fourth-order valence-electron chi connectivity index (χ4n) is 2.56. The number of carbonyl (C=O) groups is 2. The lowest BCUT2D eigenvalue weighted by Gasteiger charge is -2.21. The molecule has 1 aliphatic rings. The minimum Gasteiger partial charge on any atom is -0.497 e. The zero-order valence-electron chi connectivity index (χ0n) is 14.1. The molecule has 6 nitrogen and oxygen atoms in total. The minimum absolute atomic E-state index is 0.169. The van der Waals surface area contributed by atoms with Crippen LogP contribution in [0.3, 0.4) is 0 Å². The summed E-state index contributed by atoms with van der Waals surface area (Å²) in [6, 6.07) is 14.2. The molecule has 0 saturated heterocycles. The molecular formula is C19H19N3O3. The van der Waals surface area contributed by atoms with Gasteiger partial charge in [0, 0.05) is 5.56 Å². The maximum atomic E-state index is 12.3. The third-order valence-corrected chi connectivity index (χ3v) is 3.97. The Hall–Kier alpha value is -3.15. The molecule has 6 heteroatoms. The van der Waals surface area contributed by atoms with Crippen LogP contribution in [0.25, 0.3) is 0 Å². The number of guanidine groups is 1. The van der Waals surface area contributed by atoms with Crippen molar-refractivity contribution in [3.05, 3.63) is 65.2 Å². The van der Waals surface area contributed by atoms with Crippen LogP contribution in [-0.4, -0.2) is 24.9 Å². The Morgan fingerprint density at radius 3 is 2.48 bits per heavy atom. The summed E-state index contributed by atoms with van der Waals surface area (Å²) in [5.41, 5.74) is 2.46. The van der Waals surface area contributed by atoms with Crippen molar-refractivity contribution in [3.63, 3.8) is 0 Å². The van der Waals surface area contributed by atoms with Crippen LogP contribution in [0, 0.1) is 6.92 Å². The van der Waals surface area contributed by atoms with E-state index in [1.165, 1.54) is 0 Å². The quantitative estimate of drug-likeness (QED) is 0.902. The number of amides is 2. The van der Waals surface area contributed by atoms with Gasteiger partial charge in [0.15, 0.2) is 0 Å². The molecular weight excluding hydrogens is 318 g/mol. The summed E-state index contributed by atoms with van der Waals surface area (Å²) >= 11 is 0. The standard InChI is InChI=1S/C19H19N3O3/c1-12-3-5-14(6-4-12)18(24)22-19-20-16(11-17(23)21-19)13-7-9-15(25-2)10-8-13/h3-10,16H,11H2,1-2H3,(H2,20,21,22,23,24). The van der Waals surface area contributed by atoms with Crippen molar-refractivity contribution < 1.29 is 14.3 Å². The normalized spacial score (nSPS) is 16.6. The molecule has 1 aliphatic heterocycles. The van der Waals surface area contributed by atoms with Gasteiger partial charge < -0.3 is 4.74 Å². The lowest BCUT2D eigenvalue weighted by molar-refractivity contribution is -0.120. The number of aliphatic imine (C=N–C) groups is 1. The predicted octanol–water partition coefficient (Wildman–Crippen LogP) is 2.35. The Morgan fingerprint density at radius 1 is 1.16 bits per heavy atom. The van der Waals surface area contributed by atoms with Crippen molar-refractivity contribution in [1.29, 1.82) is 0 Å². The van der Waals surface area contributed by atoms with Gasteiger partial charge in [-0.2, -0.15) is 0 Å². The Labute approximate surface area is 145 Å². The Kier molecular flexibility index (Phi) is 4.79. The Morgan fingerprint density at radius 2 is 1.84 bits per heavy atom. The molecule has 3 rings (SSSR count). The van der Waals surface area contributed by atoms with Crippen molar-refractivity contribution >= 4 is 17.8 Å². The molecule has 0 radical (unpaired) electrons. The van der Waals surface area contributed by atoms with Gasteiger partial charge >= 0.3 is 0 Å². The summed E-state index contributed by atoms with van der Waals surface area (Å²) in [6.45, 7) is 1.95. The van der Waals surface area contributed by atoms with E-state index >= 15 is 0 Å². The molecule has 2 N–H and O–H groups in total. The minimum atomic E-state index is -0.340. The van der Waals surface area contributed by atoms with Crippen molar-refractivity contribution in [2.24, 2.45) is 4.99 Å². The summed E-state index contributed by atoms with van der Waals surface area (Å²) in [6.07, 6.45) is 0.232. The average Bonchev–Trinajstić information content (AvgIpc) is 2.62. The van der Waals surface area contributed by atoms with Crippen molar-refractivity contribution in [2.45, 2.75) is 19.4 Å². The molecule has 0 saturated carbocycles. The highest BCUT2D eigenvalue weighted by Crippen LogP contribution is 2.25. The van der Waals surface area contributed by atoms with Gasteiger partial charge in [-0.3, -0.25) is 20.2 Å². The van der Waals surface area contributed by atoms with Gasteiger partial charge in [-0.25, -0.2) is 4.99 Å². The highest BCUT2D eigenvalue weighted by molar-refractivity contribution is 6.10. The first-order valence-electron chi connectivity index (χ1n) is 7.95. The molecule has 2 aromatic rings. The maximum absolute atomic E-state index is 12.3. The highest BCUT2D eigenvalue weighted by Gasteiger charge is 2.23. The van der Waals surface area contributed by atoms with E-state index in [1.54, 1.807) is 19.2 Å². The van der Waals surface area contributed by atoms with Crippen LogP contribution >= 0.6 is 0 Å². The number of nitrogens with zero attached hydrogens (tertiary/aromatic N) is 1. The number of hydrogen-bond donors (Lipinski definition) is 2. The van der Waals surface area contributed by atoms with E-state index in [-0.39, 0.29) is 30.2 Å². The van der Waals surface area contributed by atoms with Crippen LogP contribution in [0.2, 0.25) is 0 Å². The molecule has 0 bridgehead atoms. The van der Waals surface area contributed by atoms with Gasteiger partial charge in [-0.05, 0) is 36.8 Å². The Bertz CT molecular complexity index is 811. The highest BCUT2D eigenvalue weighted by atomic mass is 16.5. The molecule has 1 atom stereocenters. The van der Waals surface area contributed by atoms with E-state index in [0.717, 1.165) is 16.9 Å². The zero-order valence-corrected chi connectivity index (χ0v) is 14.1. The summed E-state index contributed by atoms with van der Waals surface area (Å²) < 4.78 is 5.14. The third-order valence-electron chi connectivity index (χ3n) is 3.97. The molecule has 0 aromatic heterocycles. The van der Waals surface area contributed by atoms with Crippen molar-refractivity contribution in [3.8, 4) is 5.75 Å². The van der Waals surface area contributed by atoms with Crippen LogP contribution in [0.4, 0.5) is 0 Å². The molecule has 2 amide bonds. The number of benzene rings is 2. The molecule has 0 fully saturated rings. The van der Waals surface area contributed by atoms with Crippen LogP contribution in [0.1, 0.15) is 33.9 Å². The second-order valence-electron chi connectivity index (χ2n) is 5.84. The van der Waals surface area contributed by atoms with E-state index in [9.17, 15) is 9.59 Å². The van der Waals surface area contributed by atoms with Gasteiger partial charge in [0.25, 0.3) is 5.91 Å². The second kappa shape index (κ2) is 7.17. The van der Waals surface area contributed by atoms with Crippen LogP contribution in [0.5, 0.6) is 5.75 Å². The molecule has 0 aliphatic carbocycles. The molecule has 2 aromatic carbocycles. The number of carbonyl (C=O) groups excluding carboxylic acids is 2. The number of hydrogen-bond acceptors (Lipinski definition) is 4. The van der Waals surface area contributed by atoms with Crippen molar-refractivity contribution in [1.82, 2.24) is 10.6 Å². The smallest absolute Gasteiger partial charge is 0.257 e. The molecule has 25 heavy (non-hydrogen) atoms. The van der Waals surface area contributed by atoms with Crippen LogP contribution < -0.4 is 15.4 Å². The van der Waals surface area contributed by atoms with Gasteiger partial charge in [0.05, 0.1) is 19.6 Å². The monoisotopic (exact) mass is 337 g/mol. The second-order valence-corrected chi connectivity index (χ2v) is 5.84. The molecule has 1 unspecified atom stereocenters. The molecule has 128 valence electrons. The first-order chi connectivity index (χ1) is 12.0. The summed E-state index contributed by atoms with van der Waals surface area (Å²) in [4.78, 5) is 28.7. The number of aryl methyl sites for hydroxylation is 1. The molecule has 1 heterocycles. The number of nitrogens with one attached hydrogen (secondary N) is 2. The summed E-state index contributed by atoms with van der Waals surface area (Å²) in [5, 5.41) is 5.27. The summed E-state index contributed by atoms with van der Waals surface area (Å²) in [5.74, 6) is 0.410. The first kappa shape index (κ1) is 16.7. The van der Waals surface area contributed by atoms with Crippen LogP contribution in [0.15, 0.2) is 53.5 Å². The van der Waals surface area contributed by atoms with Gasteiger partial charge in [0.1, 0.15) is 5.75 Å². The fourth-order valence-corrected chi connectivity index (χ4v) is 2.56. The van der Waals surface area contributed by atoms with E-state index in [2.05, 4.69) is 15.6 Å².